The minimum absolute atomic E-state index is 0. The topological polar surface area (TPSA) is 0 Å². The largest absolute Gasteiger partial charge is 0.195 e. The summed E-state index contributed by atoms with van der Waals surface area (Å²) in [5.41, 5.74) is 0. The molecule has 0 amide bonds. The molecule has 55 valence electrons. The average molecular weight is 208 g/mol. The van der Waals surface area contributed by atoms with Crippen molar-refractivity contribution in [3.8, 4) is 0 Å². The van der Waals surface area contributed by atoms with E-state index in [-0.39, 0.29) is 17.0 Å². The fraction of sp³-hybridized carbons (Fsp3) is 1.00. The molecule has 0 aliphatic heterocycles. The lowest BCUT2D eigenvalue weighted by Gasteiger charge is -1.93. The molecule has 0 aromatic carbocycles. The molecule has 0 aromatic rings. The van der Waals surface area contributed by atoms with E-state index in [0.717, 1.165) is 15.2 Å². The van der Waals surface area contributed by atoms with E-state index in [4.69, 9.17) is 0 Å². The van der Waals surface area contributed by atoms with Gasteiger partial charge in [-0.1, -0.05) is 32.6 Å². The van der Waals surface area contributed by atoms with Crippen molar-refractivity contribution in [3.63, 3.8) is 0 Å². The molecule has 2 heteroatoms. The second kappa shape index (κ2) is 11.8. The number of halogens is 1. The van der Waals surface area contributed by atoms with Crippen molar-refractivity contribution in [1.82, 2.24) is 0 Å². The molecule has 0 saturated heterocycles. The predicted molar refractivity (Wildman–Crippen MR) is 50.9 cm³/mol. The Morgan fingerprint density at radius 2 is 1.78 bits per heavy atom. The molecule has 0 atom stereocenters. The van der Waals surface area contributed by atoms with Crippen molar-refractivity contribution < 1.29 is 0 Å². The zero-order valence-electron chi connectivity index (χ0n) is 6.52. The fourth-order valence-electron chi connectivity index (χ4n) is 0.775. The Kier molecular flexibility index (Phi) is 16.6. The summed E-state index contributed by atoms with van der Waals surface area (Å²) >= 11 is 0.778. The minimum atomic E-state index is 0. The Labute approximate surface area is 75.9 Å². The summed E-state index contributed by atoms with van der Waals surface area (Å²) in [6.45, 7) is 2.26. The third kappa shape index (κ3) is 12.3. The van der Waals surface area contributed by atoms with E-state index in [1.807, 2.05) is 0 Å². The third-order valence-corrected chi connectivity index (χ3v) is 2.33. The molecular formula is C7H17AlBr. The van der Waals surface area contributed by atoms with Crippen LogP contribution >= 0.6 is 17.0 Å². The van der Waals surface area contributed by atoms with E-state index >= 15 is 0 Å². The van der Waals surface area contributed by atoms with Crippen molar-refractivity contribution in [3.05, 3.63) is 0 Å². The summed E-state index contributed by atoms with van der Waals surface area (Å²) in [5, 5.41) is 1.51. The van der Waals surface area contributed by atoms with E-state index in [1.165, 1.54) is 31.0 Å². The molecule has 9 heavy (non-hydrogen) atoms. The van der Waals surface area contributed by atoms with Gasteiger partial charge in [0, 0.05) is 0 Å². The van der Waals surface area contributed by atoms with Crippen molar-refractivity contribution >= 4 is 32.2 Å². The quantitative estimate of drug-likeness (QED) is 0.480. The molecule has 0 unspecified atom stereocenters. The molecule has 0 aliphatic carbocycles. The first-order chi connectivity index (χ1) is 3.91. The molecule has 0 spiro atoms. The molecule has 0 heterocycles. The van der Waals surface area contributed by atoms with Gasteiger partial charge in [-0.3, -0.25) is 0 Å². The lowest BCUT2D eigenvalue weighted by molar-refractivity contribution is 0.700. The maximum absolute atomic E-state index is 2.34. The van der Waals surface area contributed by atoms with Crippen LogP contribution in [0, 0.1) is 0 Å². The molecule has 0 aliphatic rings. The van der Waals surface area contributed by atoms with Gasteiger partial charge in [-0.25, -0.2) is 0 Å². The second-order valence-electron chi connectivity index (χ2n) is 2.26. The molecular weight excluding hydrogens is 191 g/mol. The Balaban J connectivity index is 0. The highest BCUT2D eigenvalue weighted by Crippen LogP contribution is 2.01. The maximum Gasteiger partial charge on any atom is 0.195 e. The summed E-state index contributed by atoms with van der Waals surface area (Å²) in [4.78, 5) is 0. The summed E-state index contributed by atoms with van der Waals surface area (Å²) < 4.78 is 0. The predicted octanol–water partition coefficient (Wildman–Crippen LogP) is 3.32. The van der Waals surface area contributed by atoms with Gasteiger partial charge in [-0.2, -0.15) is 0 Å². The van der Waals surface area contributed by atoms with E-state index < -0.39 is 0 Å². The van der Waals surface area contributed by atoms with Crippen LogP contribution in [-0.2, 0) is 0 Å². The van der Waals surface area contributed by atoms with Gasteiger partial charge in [0.15, 0.2) is 15.2 Å². The van der Waals surface area contributed by atoms with Crippen LogP contribution < -0.4 is 0 Å². The van der Waals surface area contributed by atoms with Crippen molar-refractivity contribution in [2.45, 2.75) is 43.7 Å². The Hall–Kier alpha value is 1.01. The van der Waals surface area contributed by atoms with Crippen LogP contribution in [0.5, 0.6) is 0 Å². The lowest BCUT2D eigenvalue weighted by Crippen LogP contribution is -1.80. The van der Waals surface area contributed by atoms with Gasteiger partial charge in [0.2, 0.25) is 0 Å². The molecule has 0 rings (SSSR count). The van der Waals surface area contributed by atoms with Crippen molar-refractivity contribution in [2.24, 2.45) is 0 Å². The normalized spacial score (nSPS) is 8.22. The zero-order valence-corrected chi connectivity index (χ0v) is 9.39. The highest BCUT2D eigenvalue weighted by Gasteiger charge is 1.84. The van der Waals surface area contributed by atoms with Gasteiger partial charge in [-0.15, -0.1) is 28.0 Å². The first kappa shape index (κ1) is 12.7. The van der Waals surface area contributed by atoms with E-state index in [2.05, 4.69) is 12.7 Å². The molecule has 0 bridgehead atoms. The standard InChI is InChI=1S/C6H13.CH3.Al.BrH/c1-3-5-6-4-2;;;/h1,3-6H2,2H3;1H3;;1H. The third-order valence-electron chi connectivity index (χ3n) is 1.35. The van der Waals surface area contributed by atoms with E-state index in [9.17, 15) is 0 Å². The van der Waals surface area contributed by atoms with Gasteiger partial charge in [0.05, 0.1) is 0 Å². The first-order valence-corrected chi connectivity index (χ1v) is 5.66. The van der Waals surface area contributed by atoms with Crippen molar-refractivity contribution in [2.75, 3.05) is 0 Å². The summed E-state index contributed by atoms with van der Waals surface area (Å²) in [6.07, 6.45) is 5.77. The Bertz CT molecular complexity index is 33.9. The molecule has 0 nitrogen and oxygen atoms in total. The molecule has 0 aromatic heterocycles. The number of rotatable bonds is 5. The molecule has 0 saturated carbocycles. The highest BCUT2D eigenvalue weighted by molar-refractivity contribution is 8.93. The number of hydrogen-bond acceptors (Lipinski definition) is 0. The van der Waals surface area contributed by atoms with Crippen LogP contribution in [0.15, 0.2) is 0 Å². The van der Waals surface area contributed by atoms with E-state index in [0.29, 0.717) is 0 Å². The van der Waals surface area contributed by atoms with Gasteiger partial charge < -0.3 is 0 Å². The van der Waals surface area contributed by atoms with Crippen molar-refractivity contribution in [1.29, 1.82) is 0 Å². The van der Waals surface area contributed by atoms with Crippen LogP contribution in [-0.4, -0.2) is 15.2 Å². The average Bonchev–Trinajstić information content (AvgIpc) is 1.81. The molecule has 0 N–H and O–H groups in total. The smallest absolute Gasteiger partial charge is 0.115 e. The fourth-order valence-corrected chi connectivity index (χ4v) is 1.47. The summed E-state index contributed by atoms with van der Waals surface area (Å²) in [5.74, 6) is 2.34. The number of hydrogen-bond donors (Lipinski definition) is 0. The van der Waals surface area contributed by atoms with E-state index in [1.54, 1.807) is 0 Å². The monoisotopic (exact) mass is 207 g/mol. The Morgan fingerprint density at radius 3 is 2.22 bits per heavy atom. The SMILES string of the molecule is Br.CCCCC[CH2][Al][CH3]. The highest BCUT2D eigenvalue weighted by atomic mass is 79.9. The number of unbranched alkanes of at least 4 members (excludes halogenated alkanes) is 3. The first-order valence-electron chi connectivity index (χ1n) is 3.69. The summed E-state index contributed by atoms with van der Waals surface area (Å²) in [7, 11) is 0. The Morgan fingerprint density at radius 1 is 1.11 bits per heavy atom. The minimum Gasteiger partial charge on any atom is -0.115 e. The maximum atomic E-state index is 2.34. The van der Waals surface area contributed by atoms with Gasteiger partial charge in [-0.05, 0) is 0 Å². The van der Waals surface area contributed by atoms with Crippen LogP contribution in [0.2, 0.25) is 11.1 Å². The van der Waals surface area contributed by atoms with Gasteiger partial charge in [0.25, 0.3) is 0 Å². The second-order valence-corrected chi connectivity index (χ2v) is 3.65. The zero-order chi connectivity index (χ0) is 6.24. The lowest BCUT2D eigenvalue weighted by atomic mass is 10.2. The van der Waals surface area contributed by atoms with Gasteiger partial charge >= 0.3 is 0 Å². The van der Waals surface area contributed by atoms with Crippen LogP contribution in [0.3, 0.4) is 0 Å². The van der Waals surface area contributed by atoms with Gasteiger partial charge in [0.1, 0.15) is 0 Å². The van der Waals surface area contributed by atoms with Crippen LogP contribution in [0.25, 0.3) is 0 Å². The molecule has 0 fully saturated rings. The molecule has 1 radical (unpaired) electrons. The van der Waals surface area contributed by atoms with Crippen LogP contribution in [0.1, 0.15) is 32.6 Å². The van der Waals surface area contributed by atoms with Crippen LogP contribution in [0.4, 0.5) is 0 Å². The summed E-state index contributed by atoms with van der Waals surface area (Å²) in [6, 6.07) is 0.